The second-order valence-electron chi connectivity index (χ2n) is 6.19. The average molecular weight is 374 g/mol. The minimum Gasteiger partial charge on any atom is -0.497 e. The van der Waals surface area contributed by atoms with Crippen LogP contribution in [0, 0.1) is 0 Å². The van der Waals surface area contributed by atoms with E-state index in [1.54, 1.807) is 62.8 Å². The van der Waals surface area contributed by atoms with Gasteiger partial charge in [0.2, 0.25) is 9.84 Å². The van der Waals surface area contributed by atoms with Gasteiger partial charge in [-0.15, -0.1) is 0 Å². The highest BCUT2D eigenvalue weighted by molar-refractivity contribution is 7.95. The van der Waals surface area contributed by atoms with Crippen LogP contribution in [0.5, 0.6) is 11.5 Å². The van der Waals surface area contributed by atoms with Crippen molar-refractivity contribution in [3.63, 3.8) is 0 Å². The largest absolute Gasteiger partial charge is 0.497 e. The summed E-state index contributed by atoms with van der Waals surface area (Å²) in [6, 6.07) is 13.6. The number of ether oxygens (including phenoxy) is 2. The molecule has 0 fully saturated rings. The van der Waals surface area contributed by atoms with Gasteiger partial charge in [-0.3, -0.25) is 0 Å². The van der Waals surface area contributed by atoms with E-state index in [1.165, 1.54) is 0 Å². The lowest BCUT2D eigenvalue weighted by Crippen LogP contribution is -2.24. The third-order valence-electron chi connectivity index (χ3n) is 4.65. The van der Waals surface area contributed by atoms with Crippen LogP contribution in [0.2, 0.25) is 0 Å². The third kappa shape index (κ3) is 3.48. The Morgan fingerprint density at radius 1 is 1.00 bits per heavy atom. The summed E-state index contributed by atoms with van der Waals surface area (Å²) in [7, 11) is -0.590. The molecule has 1 N–H and O–H groups in total. The fourth-order valence-corrected chi connectivity index (χ4v) is 4.86. The SMILES string of the molecule is COc1ccc(OC)c([C@@H]2C=C(S(=O)(=O)c3ccccc3)[C@@H](O)CC2)c1. The molecule has 5 nitrogen and oxygen atoms in total. The van der Waals surface area contributed by atoms with Gasteiger partial charge < -0.3 is 14.6 Å². The summed E-state index contributed by atoms with van der Waals surface area (Å²) in [6.45, 7) is 0. The molecule has 0 radical (unpaired) electrons. The van der Waals surface area contributed by atoms with Gasteiger partial charge in [-0.05, 0) is 43.2 Å². The molecule has 1 aliphatic rings. The number of methoxy groups -OCH3 is 2. The molecule has 2 atom stereocenters. The number of allylic oxidation sites excluding steroid dienone is 1. The van der Waals surface area contributed by atoms with Gasteiger partial charge in [-0.2, -0.15) is 0 Å². The summed E-state index contributed by atoms with van der Waals surface area (Å²) in [4.78, 5) is 0.230. The molecule has 0 bridgehead atoms. The molecule has 0 aromatic heterocycles. The smallest absolute Gasteiger partial charge is 0.205 e. The lowest BCUT2D eigenvalue weighted by molar-refractivity contribution is 0.195. The van der Waals surface area contributed by atoms with Crippen LogP contribution in [-0.4, -0.2) is 33.8 Å². The number of aliphatic hydroxyl groups excluding tert-OH is 1. The van der Waals surface area contributed by atoms with Crippen molar-refractivity contribution < 1.29 is 23.0 Å². The van der Waals surface area contributed by atoms with Gasteiger partial charge in [0.25, 0.3) is 0 Å². The number of sulfone groups is 1. The van der Waals surface area contributed by atoms with Crippen molar-refractivity contribution >= 4 is 9.84 Å². The van der Waals surface area contributed by atoms with Gasteiger partial charge in [-0.1, -0.05) is 24.3 Å². The summed E-state index contributed by atoms with van der Waals surface area (Å²) in [6.07, 6.45) is 1.63. The molecule has 0 heterocycles. The first-order valence-corrected chi connectivity index (χ1v) is 9.87. The van der Waals surface area contributed by atoms with Crippen molar-refractivity contribution in [2.24, 2.45) is 0 Å². The van der Waals surface area contributed by atoms with Crippen LogP contribution < -0.4 is 9.47 Å². The van der Waals surface area contributed by atoms with Gasteiger partial charge in [0.1, 0.15) is 11.5 Å². The molecular formula is C20H22O5S. The van der Waals surface area contributed by atoms with Crippen molar-refractivity contribution in [2.45, 2.75) is 29.8 Å². The minimum absolute atomic E-state index is 0.0461. The van der Waals surface area contributed by atoms with Crippen LogP contribution >= 0.6 is 0 Å². The van der Waals surface area contributed by atoms with Gasteiger partial charge >= 0.3 is 0 Å². The Labute approximate surface area is 153 Å². The Kier molecular flexibility index (Phi) is 5.34. The number of benzene rings is 2. The molecule has 3 rings (SSSR count). The van der Waals surface area contributed by atoms with Crippen molar-refractivity contribution in [3.05, 3.63) is 65.1 Å². The van der Waals surface area contributed by atoms with Crippen LogP contribution in [0.4, 0.5) is 0 Å². The molecule has 1 aliphatic carbocycles. The molecule has 2 aromatic rings. The van der Waals surface area contributed by atoms with Crippen LogP contribution in [0.25, 0.3) is 0 Å². The second kappa shape index (κ2) is 7.51. The van der Waals surface area contributed by atoms with E-state index in [2.05, 4.69) is 0 Å². The molecule has 0 saturated carbocycles. The summed E-state index contributed by atoms with van der Waals surface area (Å²) < 4.78 is 36.7. The van der Waals surface area contributed by atoms with Crippen LogP contribution in [0.15, 0.2) is 64.4 Å². The van der Waals surface area contributed by atoms with Gasteiger partial charge in [0, 0.05) is 11.5 Å². The van der Waals surface area contributed by atoms with Gasteiger partial charge in [0.05, 0.1) is 30.1 Å². The molecule has 0 spiro atoms. The average Bonchev–Trinajstić information content (AvgIpc) is 2.68. The van der Waals surface area contributed by atoms with E-state index < -0.39 is 15.9 Å². The number of aliphatic hydroxyl groups is 1. The zero-order chi connectivity index (χ0) is 18.7. The highest BCUT2D eigenvalue weighted by atomic mass is 32.2. The first-order chi connectivity index (χ1) is 12.5. The van der Waals surface area contributed by atoms with Crippen LogP contribution in [0.3, 0.4) is 0 Å². The first kappa shape index (κ1) is 18.5. The van der Waals surface area contributed by atoms with E-state index in [1.807, 2.05) is 6.07 Å². The standard InChI is InChI=1S/C20H22O5S/c1-24-15-9-11-19(25-2)17(13-15)14-8-10-18(21)20(12-14)26(22,23)16-6-4-3-5-7-16/h3-7,9,11-14,18,21H,8,10H2,1-2H3/t14-,18-/m0/s1. The zero-order valence-electron chi connectivity index (χ0n) is 14.8. The predicted octanol–water partition coefficient (Wildman–Crippen LogP) is 3.30. The van der Waals surface area contributed by atoms with E-state index in [-0.39, 0.29) is 15.7 Å². The van der Waals surface area contributed by atoms with Crippen LogP contribution in [-0.2, 0) is 9.84 Å². The molecular weight excluding hydrogens is 352 g/mol. The predicted molar refractivity (Wildman–Crippen MR) is 99.2 cm³/mol. The molecule has 0 aliphatic heterocycles. The summed E-state index contributed by atoms with van der Waals surface area (Å²) in [5, 5.41) is 10.4. The maximum Gasteiger partial charge on any atom is 0.205 e. The molecule has 0 saturated heterocycles. The van der Waals surface area contributed by atoms with E-state index in [4.69, 9.17) is 9.47 Å². The molecule has 138 valence electrons. The van der Waals surface area contributed by atoms with E-state index >= 15 is 0 Å². The maximum atomic E-state index is 13.0. The maximum absolute atomic E-state index is 13.0. The lowest BCUT2D eigenvalue weighted by Gasteiger charge is -2.27. The minimum atomic E-state index is -3.75. The quantitative estimate of drug-likeness (QED) is 0.869. The Bertz CT molecular complexity index is 903. The van der Waals surface area contributed by atoms with Gasteiger partial charge in [-0.25, -0.2) is 8.42 Å². The summed E-state index contributed by atoms with van der Waals surface area (Å²) in [5.41, 5.74) is 0.847. The molecule has 0 unspecified atom stereocenters. The third-order valence-corrected chi connectivity index (χ3v) is 6.57. The van der Waals surface area contributed by atoms with Crippen LogP contribution in [0.1, 0.15) is 24.3 Å². The molecule has 6 heteroatoms. The fraction of sp³-hybridized carbons (Fsp3) is 0.300. The van der Waals surface area contributed by atoms with Crippen molar-refractivity contribution in [1.82, 2.24) is 0 Å². The Morgan fingerprint density at radius 2 is 1.73 bits per heavy atom. The van der Waals surface area contributed by atoms with Crippen molar-refractivity contribution in [2.75, 3.05) is 14.2 Å². The first-order valence-electron chi connectivity index (χ1n) is 8.39. The number of hydrogen-bond donors (Lipinski definition) is 1. The Morgan fingerprint density at radius 3 is 2.38 bits per heavy atom. The van der Waals surface area contributed by atoms with E-state index in [0.717, 1.165) is 5.56 Å². The Balaban J connectivity index is 2.07. The number of hydrogen-bond acceptors (Lipinski definition) is 5. The summed E-state index contributed by atoms with van der Waals surface area (Å²) in [5.74, 6) is 1.16. The molecule has 26 heavy (non-hydrogen) atoms. The lowest BCUT2D eigenvalue weighted by atomic mass is 9.87. The van der Waals surface area contributed by atoms with E-state index in [9.17, 15) is 13.5 Å². The van der Waals surface area contributed by atoms with Crippen molar-refractivity contribution in [1.29, 1.82) is 0 Å². The number of rotatable bonds is 5. The monoisotopic (exact) mass is 374 g/mol. The summed E-state index contributed by atoms with van der Waals surface area (Å²) >= 11 is 0. The van der Waals surface area contributed by atoms with Gasteiger partial charge in [0.15, 0.2) is 0 Å². The fourth-order valence-electron chi connectivity index (χ4n) is 3.25. The highest BCUT2D eigenvalue weighted by Crippen LogP contribution is 2.40. The Hall–Kier alpha value is -2.31. The topological polar surface area (TPSA) is 72.8 Å². The second-order valence-corrected chi connectivity index (χ2v) is 8.14. The molecule has 0 amide bonds. The van der Waals surface area contributed by atoms with Crippen molar-refractivity contribution in [3.8, 4) is 11.5 Å². The highest BCUT2D eigenvalue weighted by Gasteiger charge is 2.32. The van der Waals surface area contributed by atoms with E-state index in [0.29, 0.717) is 24.3 Å². The molecule has 2 aromatic carbocycles. The zero-order valence-corrected chi connectivity index (χ0v) is 15.6. The normalized spacial score (nSPS) is 20.3.